The predicted octanol–water partition coefficient (Wildman–Crippen LogP) is -1.13. The van der Waals surface area contributed by atoms with E-state index in [0.717, 1.165) is 0 Å². The van der Waals surface area contributed by atoms with Crippen LogP contribution in [-0.4, -0.2) is 58.4 Å². The van der Waals surface area contributed by atoms with Crippen molar-refractivity contribution in [3.8, 4) is 0 Å². The minimum Gasteiger partial charge on any atom is -0.302 e. The number of hydrogen-bond acceptors (Lipinski definition) is 3. The number of nitrogens with zero attached hydrogens (tertiary/aromatic N) is 1. The van der Waals surface area contributed by atoms with Crippen molar-refractivity contribution in [2.45, 2.75) is 6.42 Å². The summed E-state index contributed by atoms with van der Waals surface area (Å²) in [6.07, 6.45) is -0.101. The Balaban J connectivity index is 0.000001000. The topological polar surface area (TPSA) is 49.4 Å². The molecule has 55 valence electrons. The fraction of sp³-hybridized carbons (Fsp3) is 0.400. The fourth-order valence-corrected chi connectivity index (χ4v) is 0.832. The summed E-state index contributed by atoms with van der Waals surface area (Å²) < 4.78 is 0. The SMILES string of the molecule is CN1C(=O)CC(=O)NC1=S.[Na]. The molecule has 0 aromatic rings. The van der Waals surface area contributed by atoms with Crippen molar-refractivity contribution in [2.75, 3.05) is 7.05 Å². The summed E-state index contributed by atoms with van der Waals surface area (Å²) >= 11 is 4.66. The first-order valence-electron chi connectivity index (χ1n) is 2.71. The van der Waals surface area contributed by atoms with Crippen molar-refractivity contribution in [1.29, 1.82) is 0 Å². The molecule has 1 heterocycles. The summed E-state index contributed by atoms with van der Waals surface area (Å²) in [5.74, 6) is -0.582. The first-order valence-corrected chi connectivity index (χ1v) is 3.12. The maximum Gasteiger partial charge on any atom is 0.237 e. The van der Waals surface area contributed by atoms with E-state index in [1.54, 1.807) is 0 Å². The Labute approximate surface area is 91.6 Å². The molecule has 11 heavy (non-hydrogen) atoms. The second-order valence-corrected chi connectivity index (χ2v) is 2.37. The van der Waals surface area contributed by atoms with Gasteiger partial charge in [-0.05, 0) is 12.2 Å². The second kappa shape index (κ2) is 4.15. The van der Waals surface area contributed by atoms with Crippen LogP contribution < -0.4 is 5.32 Å². The molecule has 6 heteroatoms. The smallest absolute Gasteiger partial charge is 0.237 e. The molecule has 0 bridgehead atoms. The molecule has 0 spiro atoms. The summed E-state index contributed by atoms with van der Waals surface area (Å²) in [7, 11) is 1.53. The van der Waals surface area contributed by atoms with Gasteiger partial charge in [-0.15, -0.1) is 0 Å². The molecular formula is C5H6N2NaO2S. The molecule has 0 aromatic heterocycles. The monoisotopic (exact) mass is 181 g/mol. The van der Waals surface area contributed by atoms with E-state index in [-0.39, 0.29) is 52.9 Å². The number of rotatable bonds is 0. The fourth-order valence-electron chi connectivity index (χ4n) is 0.617. The Morgan fingerprint density at radius 1 is 1.55 bits per heavy atom. The molecular weight excluding hydrogens is 175 g/mol. The molecule has 0 aliphatic carbocycles. The van der Waals surface area contributed by atoms with Crippen LogP contribution >= 0.6 is 12.2 Å². The van der Waals surface area contributed by atoms with Gasteiger partial charge in [0, 0.05) is 36.6 Å². The first-order chi connectivity index (χ1) is 4.61. The van der Waals surface area contributed by atoms with Gasteiger partial charge in [-0.2, -0.15) is 0 Å². The molecule has 2 amide bonds. The predicted molar refractivity (Wildman–Crippen MR) is 43.9 cm³/mol. The zero-order valence-electron chi connectivity index (χ0n) is 6.38. The van der Waals surface area contributed by atoms with Crippen LogP contribution in [0.3, 0.4) is 0 Å². The van der Waals surface area contributed by atoms with Gasteiger partial charge in [0.15, 0.2) is 5.11 Å². The van der Waals surface area contributed by atoms with E-state index in [9.17, 15) is 9.59 Å². The molecule has 0 aromatic carbocycles. The van der Waals surface area contributed by atoms with Crippen LogP contribution in [0.25, 0.3) is 0 Å². The minimum absolute atomic E-state index is 0. The van der Waals surface area contributed by atoms with E-state index in [1.165, 1.54) is 11.9 Å². The largest absolute Gasteiger partial charge is 0.302 e. The van der Waals surface area contributed by atoms with Crippen molar-refractivity contribution in [2.24, 2.45) is 0 Å². The molecule has 1 rings (SSSR count). The number of thiocarbonyl (C=S) groups is 1. The number of amides is 2. The number of hydrogen-bond donors (Lipinski definition) is 1. The van der Waals surface area contributed by atoms with Gasteiger partial charge in [0.1, 0.15) is 6.42 Å². The maximum atomic E-state index is 10.8. The van der Waals surface area contributed by atoms with E-state index in [0.29, 0.717) is 0 Å². The van der Waals surface area contributed by atoms with Crippen molar-refractivity contribution < 1.29 is 9.59 Å². The van der Waals surface area contributed by atoms with E-state index in [4.69, 9.17) is 0 Å². The third kappa shape index (κ3) is 2.52. The third-order valence-electron chi connectivity index (χ3n) is 1.24. The normalized spacial score (nSPS) is 17.5. The van der Waals surface area contributed by atoms with Gasteiger partial charge in [-0.25, -0.2) is 0 Å². The van der Waals surface area contributed by atoms with Crippen LogP contribution in [-0.2, 0) is 9.59 Å². The molecule has 0 saturated carbocycles. The summed E-state index contributed by atoms with van der Waals surface area (Å²) in [5.41, 5.74) is 0. The Morgan fingerprint density at radius 2 is 2.09 bits per heavy atom. The molecule has 1 N–H and O–H groups in total. The third-order valence-corrected chi connectivity index (χ3v) is 1.61. The van der Waals surface area contributed by atoms with Gasteiger partial charge in [-0.1, -0.05) is 0 Å². The quantitative estimate of drug-likeness (QED) is 0.292. The van der Waals surface area contributed by atoms with Gasteiger partial charge in [0.25, 0.3) is 0 Å². The number of carbonyl (C=O) groups excluding carboxylic acids is 2. The Hall–Kier alpha value is 0.0300. The summed E-state index contributed by atoms with van der Waals surface area (Å²) in [6, 6.07) is 0. The van der Waals surface area contributed by atoms with Crippen LogP contribution in [0.2, 0.25) is 0 Å². The molecule has 1 fully saturated rings. The molecule has 1 saturated heterocycles. The molecule has 4 nitrogen and oxygen atoms in total. The van der Waals surface area contributed by atoms with Gasteiger partial charge >= 0.3 is 0 Å². The van der Waals surface area contributed by atoms with Gasteiger partial charge in [0.2, 0.25) is 11.8 Å². The number of carbonyl (C=O) groups is 2. The van der Waals surface area contributed by atoms with Gasteiger partial charge < -0.3 is 5.32 Å². The zero-order chi connectivity index (χ0) is 7.72. The van der Waals surface area contributed by atoms with Crippen LogP contribution in [0, 0.1) is 0 Å². The first kappa shape index (κ1) is 11.0. The van der Waals surface area contributed by atoms with Gasteiger partial charge in [0.05, 0.1) is 0 Å². The zero-order valence-corrected chi connectivity index (χ0v) is 9.20. The Kier molecular flexibility index (Phi) is 4.17. The summed E-state index contributed by atoms with van der Waals surface area (Å²) in [4.78, 5) is 22.6. The molecule has 1 aliphatic heterocycles. The minimum atomic E-state index is -0.326. The van der Waals surface area contributed by atoms with E-state index >= 15 is 0 Å². The van der Waals surface area contributed by atoms with Crippen LogP contribution in [0.15, 0.2) is 0 Å². The maximum absolute atomic E-state index is 10.8. The van der Waals surface area contributed by atoms with E-state index < -0.39 is 0 Å². The standard InChI is InChI=1S/C5H6N2O2S.Na/c1-7-4(9)2-3(8)6-5(7)10;/h2H2,1H3,(H,6,8,10);. The summed E-state index contributed by atoms with van der Waals surface area (Å²) in [6.45, 7) is 0. The second-order valence-electron chi connectivity index (χ2n) is 1.98. The molecule has 1 aliphatic rings. The van der Waals surface area contributed by atoms with Crippen molar-refractivity contribution in [3.05, 3.63) is 0 Å². The average molecular weight is 181 g/mol. The Morgan fingerprint density at radius 3 is 2.55 bits per heavy atom. The van der Waals surface area contributed by atoms with Gasteiger partial charge in [-0.3, -0.25) is 14.5 Å². The van der Waals surface area contributed by atoms with E-state index in [2.05, 4.69) is 17.5 Å². The van der Waals surface area contributed by atoms with Crippen LogP contribution in [0.4, 0.5) is 0 Å². The van der Waals surface area contributed by atoms with Crippen LogP contribution in [0.5, 0.6) is 0 Å². The van der Waals surface area contributed by atoms with Crippen molar-refractivity contribution in [3.63, 3.8) is 0 Å². The average Bonchev–Trinajstić information content (AvgIpc) is 1.82. The van der Waals surface area contributed by atoms with Crippen molar-refractivity contribution >= 4 is 58.7 Å². The summed E-state index contributed by atoms with van der Waals surface area (Å²) in [5, 5.41) is 2.54. The Bertz CT molecular complexity index is 199. The number of nitrogens with one attached hydrogen (secondary N) is 1. The van der Waals surface area contributed by atoms with E-state index in [1.807, 2.05) is 0 Å². The molecule has 0 atom stereocenters. The van der Waals surface area contributed by atoms with Crippen LogP contribution in [0.1, 0.15) is 6.42 Å². The molecule has 0 unspecified atom stereocenters. The van der Waals surface area contributed by atoms with Crippen molar-refractivity contribution in [1.82, 2.24) is 10.2 Å². The molecule has 1 radical (unpaired) electrons.